The lowest BCUT2D eigenvalue weighted by Crippen LogP contribution is -3.11. The molecule has 25 heavy (non-hydrogen) atoms. The average molecular weight is 348 g/mol. The van der Waals surface area contributed by atoms with Gasteiger partial charge in [-0.05, 0) is 33.1 Å². The summed E-state index contributed by atoms with van der Waals surface area (Å²) in [7, 11) is 3.06. The van der Waals surface area contributed by atoms with E-state index in [1.54, 1.807) is 18.5 Å². The summed E-state index contributed by atoms with van der Waals surface area (Å²) in [6.07, 6.45) is 3.61. The van der Waals surface area contributed by atoms with Gasteiger partial charge in [0.15, 0.2) is 22.8 Å². The number of carbonyl (C=O) groups excluding carboxylic acids is 1. The number of rotatable bonds is 4. The van der Waals surface area contributed by atoms with Gasteiger partial charge >= 0.3 is 5.69 Å². The van der Waals surface area contributed by atoms with E-state index in [1.165, 1.54) is 42.7 Å². The number of aryl methyl sites for hydroxylation is 1. The number of fused-ring (bicyclic) bond motifs is 1. The fourth-order valence-corrected chi connectivity index (χ4v) is 3.64. The van der Waals surface area contributed by atoms with Gasteiger partial charge in [0, 0.05) is 14.1 Å². The molecule has 8 nitrogen and oxygen atoms in total. The van der Waals surface area contributed by atoms with Gasteiger partial charge in [-0.3, -0.25) is 18.7 Å². The highest BCUT2D eigenvalue weighted by atomic mass is 16.2. The van der Waals surface area contributed by atoms with Gasteiger partial charge in [0.05, 0.1) is 19.1 Å². The number of hydrogen-bond donors (Lipinski definition) is 1. The van der Waals surface area contributed by atoms with Gasteiger partial charge in [0.2, 0.25) is 0 Å². The molecule has 0 radical (unpaired) electrons. The van der Waals surface area contributed by atoms with Gasteiger partial charge < -0.3 is 9.47 Å². The monoisotopic (exact) mass is 348 g/mol. The largest absolute Gasteiger partial charge is 0.332 e. The number of aromatic nitrogens is 4. The van der Waals surface area contributed by atoms with Crippen LogP contribution >= 0.6 is 0 Å². The maximum Gasteiger partial charge on any atom is 0.332 e. The molecule has 1 fully saturated rings. The molecule has 8 heteroatoms. The smallest absolute Gasteiger partial charge is 0.329 e. The number of nitrogens with one attached hydrogen (secondary N) is 1. The van der Waals surface area contributed by atoms with Crippen molar-refractivity contribution in [3.63, 3.8) is 0 Å². The zero-order valence-electron chi connectivity index (χ0n) is 15.3. The molecule has 2 aromatic heterocycles. The molecule has 1 atom stereocenters. The van der Waals surface area contributed by atoms with Crippen LogP contribution in [0, 0.1) is 0 Å². The summed E-state index contributed by atoms with van der Waals surface area (Å²) in [5.41, 5.74) is -0.126. The van der Waals surface area contributed by atoms with Crippen LogP contribution in [0.2, 0.25) is 0 Å². The van der Waals surface area contributed by atoms with Gasteiger partial charge in [0.1, 0.15) is 6.54 Å². The fourth-order valence-electron chi connectivity index (χ4n) is 3.64. The van der Waals surface area contributed by atoms with Gasteiger partial charge in [-0.2, -0.15) is 0 Å². The first kappa shape index (κ1) is 17.6. The van der Waals surface area contributed by atoms with Crippen LogP contribution < -0.4 is 16.1 Å². The van der Waals surface area contributed by atoms with Crippen LogP contribution in [0.4, 0.5) is 0 Å². The van der Waals surface area contributed by atoms with Crippen LogP contribution in [0.15, 0.2) is 9.59 Å². The third-order valence-corrected chi connectivity index (χ3v) is 5.31. The second kappa shape index (κ2) is 6.59. The molecule has 1 aliphatic rings. The van der Waals surface area contributed by atoms with Crippen molar-refractivity contribution in [2.75, 3.05) is 13.1 Å². The van der Waals surface area contributed by atoms with Crippen molar-refractivity contribution in [2.24, 2.45) is 14.1 Å². The van der Waals surface area contributed by atoms with E-state index in [0.29, 0.717) is 23.5 Å². The molecule has 1 N–H and O–H groups in total. The molecule has 136 valence electrons. The van der Waals surface area contributed by atoms with Crippen LogP contribution in [0.25, 0.3) is 11.2 Å². The Morgan fingerprint density at radius 1 is 1.16 bits per heavy atom. The van der Waals surface area contributed by atoms with E-state index in [1.807, 2.05) is 0 Å². The predicted molar refractivity (Wildman–Crippen MR) is 93.9 cm³/mol. The van der Waals surface area contributed by atoms with Crippen LogP contribution in [0.5, 0.6) is 0 Å². The molecule has 1 unspecified atom stereocenters. The minimum absolute atomic E-state index is 0.0369. The molecule has 1 saturated heterocycles. The topological polar surface area (TPSA) is 83.3 Å². The van der Waals surface area contributed by atoms with Crippen molar-refractivity contribution in [1.29, 1.82) is 0 Å². The van der Waals surface area contributed by atoms with Crippen LogP contribution in [0.1, 0.15) is 45.0 Å². The average Bonchev–Trinajstić information content (AvgIpc) is 2.97. The van der Waals surface area contributed by atoms with E-state index in [4.69, 9.17) is 0 Å². The molecule has 2 aromatic rings. The normalized spacial score (nSPS) is 17.1. The minimum atomic E-state index is -0.491. The molecular formula is C17H26N5O3+. The highest BCUT2D eigenvalue weighted by Gasteiger charge is 2.27. The number of ketones is 1. The number of Topliss-reactive ketones (excluding diaryl/α,β-unsaturated/α-hetero) is 1. The molecule has 1 aliphatic heterocycles. The molecule has 0 aliphatic carbocycles. The summed E-state index contributed by atoms with van der Waals surface area (Å²) in [5.74, 6) is 0.665. The Labute approximate surface area is 145 Å². The summed E-state index contributed by atoms with van der Waals surface area (Å²) >= 11 is 0. The van der Waals surface area contributed by atoms with E-state index < -0.39 is 17.3 Å². The minimum Gasteiger partial charge on any atom is -0.329 e. The number of carbonyl (C=O) groups is 1. The Hall–Kier alpha value is -2.22. The lowest BCUT2D eigenvalue weighted by Gasteiger charge is -2.24. The fraction of sp³-hybridized carbons (Fsp3) is 0.647. The van der Waals surface area contributed by atoms with Crippen molar-refractivity contribution >= 4 is 16.9 Å². The van der Waals surface area contributed by atoms with Crippen LogP contribution in [-0.2, 0) is 25.4 Å². The number of imidazole rings is 1. The van der Waals surface area contributed by atoms with E-state index in [0.717, 1.165) is 17.7 Å². The molecule has 3 rings (SSSR count). The van der Waals surface area contributed by atoms with Gasteiger partial charge in [0.25, 0.3) is 5.56 Å². The number of hydrogen-bond acceptors (Lipinski definition) is 4. The summed E-state index contributed by atoms with van der Waals surface area (Å²) < 4.78 is 4.20. The highest BCUT2D eigenvalue weighted by Crippen LogP contribution is 2.18. The third-order valence-electron chi connectivity index (χ3n) is 5.31. The lowest BCUT2D eigenvalue weighted by molar-refractivity contribution is -0.919. The van der Waals surface area contributed by atoms with E-state index >= 15 is 0 Å². The number of likely N-dealkylation sites (tertiary alicyclic amines) is 1. The quantitative estimate of drug-likeness (QED) is 0.780. The maximum atomic E-state index is 12.7. The van der Waals surface area contributed by atoms with Crippen molar-refractivity contribution < 1.29 is 9.69 Å². The van der Waals surface area contributed by atoms with E-state index in [9.17, 15) is 14.4 Å². The zero-order valence-corrected chi connectivity index (χ0v) is 15.3. The van der Waals surface area contributed by atoms with Crippen LogP contribution in [-0.4, -0.2) is 37.6 Å². The number of nitrogens with zero attached hydrogens (tertiary/aromatic N) is 4. The summed E-state index contributed by atoms with van der Waals surface area (Å²) in [6, 6.07) is -0.491. The highest BCUT2D eigenvalue weighted by molar-refractivity contribution is 5.82. The Bertz CT molecular complexity index is 930. The second-order valence-electron chi connectivity index (χ2n) is 7.05. The molecule has 0 bridgehead atoms. The molecule has 0 saturated carbocycles. The van der Waals surface area contributed by atoms with E-state index in [-0.39, 0.29) is 5.78 Å². The SMILES string of the molecule is CC(=O)C(C)n1c(C[NH+]2CCCCC2)nc2c1c(=O)n(C)c(=O)n2C. The first-order chi connectivity index (χ1) is 11.8. The van der Waals surface area contributed by atoms with Gasteiger partial charge in [-0.15, -0.1) is 0 Å². The van der Waals surface area contributed by atoms with Crippen molar-refractivity contribution in [3.05, 3.63) is 26.7 Å². The summed E-state index contributed by atoms with van der Waals surface area (Å²) in [6.45, 7) is 6.08. The summed E-state index contributed by atoms with van der Waals surface area (Å²) in [5, 5.41) is 0. The maximum absolute atomic E-state index is 12.7. The first-order valence-corrected chi connectivity index (χ1v) is 8.83. The third kappa shape index (κ3) is 2.95. The van der Waals surface area contributed by atoms with Crippen LogP contribution in [0.3, 0.4) is 0 Å². The van der Waals surface area contributed by atoms with Crippen molar-refractivity contribution in [1.82, 2.24) is 18.7 Å². The molecule has 0 aromatic carbocycles. The molecule has 0 spiro atoms. The van der Waals surface area contributed by atoms with E-state index in [2.05, 4.69) is 4.98 Å². The first-order valence-electron chi connectivity index (χ1n) is 8.83. The van der Waals surface area contributed by atoms with Gasteiger partial charge in [-0.25, -0.2) is 9.78 Å². The van der Waals surface area contributed by atoms with Crippen molar-refractivity contribution in [2.45, 2.75) is 45.7 Å². The standard InChI is InChI=1S/C17H25N5O3/c1-11(12(2)23)22-13(10-21-8-6-5-7-9-21)18-15-14(22)16(24)20(4)17(25)19(15)3/h11H,5-10H2,1-4H3/p+1. The Balaban J connectivity index is 2.24. The van der Waals surface area contributed by atoms with Crippen molar-refractivity contribution in [3.8, 4) is 0 Å². The second-order valence-corrected chi connectivity index (χ2v) is 7.05. The van der Waals surface area contributed by atoms with Gasteiger partial charge in [-0.1, -0.05) is 0 Å². The lowest BCUT2D eigenvalue weighted by atomic mass is 10.1. The molecule has 0 amide bonds. The number of quaternary nitrogens is 1. The number of piperidine rings is 1. The Morgan fingerprint density at radius 3 is 2.40 bits per heavy atom. The predicted octanol–water partition coefficient (Wildman–Crippen LogP) is -0.847. The molecular weight excluding hydrogens is 322 g/mol. The zero-order chi connectivity index (χ0) is 18.3. The summed E-state index contributed by atoms with van der Waals surface area (Å²) in [4.78, 5) is 43.0. The molecule has 3 heterocycles. The Kier molecular flexibility index (Phi) is 4.64. The Morgan fingerprint density at radius 2 is 1.80 bits per heavy atom.